The third-order valence-electron chi connectivity index (χ3n) is 4.54. The van der Waals surface area contributed by atoms with E-state index in [2.05, 4.69) is 21.5 Å². The molecule has 0 radical (unpaired) electrons. The molecular formula is C17H22N4O6S. The predicted molar refractivity (Wildman–Crippen MR) is 99.8 cm³/mol. The average molecular weight is 410 g/mol. The van der Waals surface area contributed by atoms with Gasteiger partial charge in [-0.1, -0.05) is 11.8 Å². The van der Waals surface area contributed by atoms with Gasteiger partial charge in [-0.3, -0.25) is 9.36 Å². The summed E-state index contributed by atoms with van der Waals surface area (Å²) in [5.74, 6) is 4.90. The van der Waals surface area contributed by atoms with Crippen LogP contribution >= 0.6 is 0 Å². The Labute approximate surface area is 162 Å². The van der Waals surface area contributed by atoms with E-state index >= 15 is 0 Å². The summed E-state index contributed by atoms with van der Waals surface area (Å²) >= 11 is 0. The fourth-order valence-electron chi connectivity index (χ4n) is 2.82. The molecule has 1 aliphatic carbocycles. The SMILES string of the molecule is CCOC(=O)CC1(n2cc(C#CCNS(=O)(=O)C3CC3)c(N)nc2=O)COC1. The zero-order valence-electron chi connectivity index (χ0n) is 15.4. The molecule has 2 fully saturated rings. The lowest BCUT2D eigenvalue weighted by Crippen LogP contribution is -2.57. The van der Waals surface area contributed by atoms with Crippen molar-refractivity contribution in [3.05, 3.63) is 22.2 Å². The summed E-state index contributed by atoms with van der Waals surface area (Å²) in [6, 6.07) is 0. The number of anilines is 1. The molecule has 10 nitrogen and oxygen atoms in total. The summed E-state index contributed by atoms with van der Waals surface area (Å²) in [7, 11) is -3.33. The van der Waals surface area contributed by atoms with Gasteiger partial charge in [-0.05, 0) is 19.8 Å². The molecule has 11 heteroatoms. The second-order valence-corrected chi connectivity index (χ2v) is 8.80. The summed E-state index contributed by atoms with van der Waals surface area (Å²) in [4.78, 5) is 28.0. The van der Waals surface area contributed by atoms with Crippen LogP contribution in [-0.4, -0.2) is 55.6 Å². The zero-order chi connectivity index (χ0) is 20.4. The minimum atomic E-state index is -3.33. The number of sulfonamides is 1. The van der Waals surface area contributed by atoms with E-state index in [9.17, 15) is 18.0 Å². The Kier molecular flexibility index (Phi) is 5.74. The van der Waals surface area contributed by atoms with Gasteiger partial charge in [-0.2, -0.15) is 4.98 Å². The van der Waals surface area contributed by atoms with Gasteiger partial charge in [0.25, 0.3) is 0 Å². The largest absolute Gasteiger partial charge is 0.466 e. The Morgan fingerprint density at radius 3 is 2.79 bits per heavy atom. The number of nitrogens with two attached hydrogens (primary N) is 1. The smallest absolute Gasteiger partial charge is 0.350 e. The maximum atomic E-state index is 12.3. The molecule has 1 saturated heterocycles. The molecule has 0 bridgehead atoms. The number of nitrogen functional groups attached to an aromatic ring is 1. The number of carbonyl (C=O) groups is 1. The van der Waals surface area contributed by atoms with Crippen LogP contribution in [0.1, 0.15) is 31.7 Å². The molecule has 1 saturated carbocycles. The second kappa shape index (κ2) is 7.90. The van der Waals surface area contributed by atoms with Gasteiger partial charge < -0.3 is 15.2 Å². The first-order chi connectivity index (χ1) is 13.3. The highest BCUT2D eigenvalue weighted by atomic mass is 32.2. The minimum absolute atomic E-state index is 0.0413. The molecule has 1 aromatic heterocycles. The van der Waals surface area contributed by atoms with Crippen molar-refractivity contribution in [1.82, 2.24) is 14.3 Å². The number of nitrogens with zero attached hydrogens (tertiary/aromatic N) is 2. The van der Waals surface area contributed by atoms with Crippen molar-refractivity contribution in [3.63, 3.8) is 0 Å². The normalized spacial score (nSPS) is 17.9. The van der Waals surface area contributed by atoms with Crippen molar-refractivity contribution in [2.45, 2.75) is 37.0 Å². The van der Waals surface area contributed by atoms with Gasteiger partial charge in [-0.15, -0.1) is 0 Å². The van der Waals surface area contributed by atoms with Crippen LogP contribution in [0.25, 0.3) is 0 Å². The quantitative estimate of drug-likeness (QED) is 0.428. The van der Waals surface area contributed by atoms with E-state index in [1.165, 1.54) is 10.8 Å². The lowest BCUT2D eigenvalue weighted by atomic mass is 9.92. The van der Waals surface area contributed by atoms with E-state index in [4.69, 9.17) is 15.2 Å². The van der Waals surface area contributed by atoms with E-state index in [-0.39, 0.29) is 49.4 Å². The Balaban J connectivity index is 1.80. The molecule has 0 aromatic carbocycles. The number of ether oxygens (including phenoxy) is 2. The first-order valence-electron chi connectivity index (χ1n) is 8.88. The van der Waals surface area contributed by atoms with E-state index in [0.717, 1.165) is 0 Å². The Bertz CT molecular complexity index is 983. The van der Waals surface area contributed by atoms with Crippen molar-refractivity contribution in [1.29, 1.82) is 0 Å². The number of hydrogen-bond acceptors (Lipinski definition) is 8. The molecule has 0 amide bonds. The topological polar surface area (TPSA) is 143 Å². The van der Waals surface area contributed by atoms with Gasteiger partial charge in [0.05, 0.1) is 43.6 Å². The molecule has 2 aliphatic rings. The first-order valence-corrected chi connectivity index (χ1v) is 10.4. The molecule has 1 aromatic rings. The maximum absolute atomic E-state index is 12.3. The molecule has 0 spiro atoms. The Morgan fingerprint density at radius 1 is 1.50 bits per heavy atom. The monoisotopic (exact) mass is 410 g/mol. The second-order valence-electron chi connectivity index (χ2n) is 6.76. The van der Waals surface area contributed by atoms with Crippen molar-refractivity contribution in [3.8, 4) is 11.8 Å². The molecule has 3 rings (SSSR count). The number of nitrogens with one attached hydrogen (secondary N) is 1. The molecule has 2 heterocycles. The molecule has 1 aliphatic heterocycles. The highest BCUT2D eigenvalue weighted by Gasteiger charge is 2.44. The molecule has 0 unspecified atom stereocenters. The summed E-state index contributed by atoms with van der Waals surface area (Å²) in [6.45, 7) is 2.17. The van der Waals surface area contributed by atoms with E-state index in [0.29, 0.717) is 12.8 Å². The van der Waals surface area contributed by atoms with Crippen LogP contribution in [0.3, 0.4) is 0 Å². The van der Waals surface area contributed by atoms with Gasteiger partial charge in [-0.25, -0.2) is 17.9 Å². The number of aromatic nitrogens is 2. The van der Waals surface area contributed by atoms with E-state index in [1.54, 1.807) is 6.92 Å². The van der Waals surface area contributed by atoms with Gasteiger partial charge in [0.1, 0.15) is 11.4 Å². The molecule has 0 atom stereocenters. The van der Waals surface area contributed by atoms with Crippen LogP contribution in [0.2, 0.25) is 0 Å². The molecule has 152 valence electrons. The predicted octanol–water partition coefficient (Wildman–Crippen LogP) is -1.06. The third-order valence-corrected chi connectivity index (χ3v) is 6.43. The first kappa shape index (κ1) is 20.3. The van der Waals surface area contributed by atoms with Crippen molar-refractivity contribution < 1.29 is 22.7 Å². The van der Waals surface area contributed by atoms with Crippen LogP contribution in [0, 0.1) is 11.8 Å². The molecule has 3 N–H and O–H groups in total. The van der Waals surface area contributed by atoms with Crippen molar-refractivity contribution in [2.75, 3.05) is 32.1 Å². The minimum Gasteiger partial charge on any atom is -0.466 e. The fourth-order valence-corrected chi connectivity index (χ4v) is 4.09. The number of rotatable bonds is 7. The number of hydrogen-bond donors (Lipinski definition) is 2. The van der Waals surface area contributed by atoms with Crippen LogP contribution < -0.4 is 16.1 Å². The van der Waals surface area contributed by atoms with E-state index < -0.39 is 27.2 Å². The van der Waals surface area contributed by atoms with Crippen LogP contribution in [0.4, 0.5) is 5.82 Å². The zero-order valence-corrected chi connectivity index (χ0v) is 16.3. The van der Waals surface area contributed by atoms with Gasteiger partial charge >= 0.3 is 11.7 Å². The van der Waals surface area contributed by atoms with Crippen LogP contribution in [0.15, 0.2) is 11.0 Å². The highest BCUT2D eigenvalue weighted by Crippen LogP contribution is 2.30. The van der Waals surface area contributed by atoms with Gasteiger partial charge in [0.15, 0.2) is 0 Å². The van der Waals surface area contributed by atoms with Gasteiger partial charge in [0, 0.05) is 6.20 Å². The van der Waals surface area contributed by atoms with Crippen molar-refractivity contribution in [2.24, 2.45) is 0 Å². The number of carbonyl (C=O) groups excluding carboxylic acids is 1. The Hall–Kier alpha value is -2.42. The number of esters is 1. The summed E-state index contributed by atoms with van der Waals surface area (Å²) < 4.78 is 37.5. The Morgan fingerprint density at radius 2 is 2.21 bits per heavy atom. The third kappa shape index (κ3) is 4.35. The lowest BCUT2D eigenvalue weighted by Gasteiger charge is -2.41. The molecular weight excluding hydrogens is 388 g/mol. The standard InChI is InChI=1S/C17H22N4O6S/c1-2-27-14(22)8-17(10-26-11-17)21-9-12(15(18)20-16(21)23)4-3-7-19-28(24,25)13-5-6-13/h9,13,19H,2,5-8,10-11H2,1H3,(H2,18,20,23). The summed E-state index contributed by atoms with van der Waals surface area (Å²) in [6.07, 6.45) is 2.71. The fraction of sp³-hybridized carbons (Fsp3) is 0.588. The summed E-state index contributed by atoms with van der Waals surface area (Å²) in [5.41, 5.74) is 4.53. The summed E-state index contributed by atoms with van der Waals surface area (Å²) in [5, 5.41) is -0.329. The van der Waals surface area contributed by atoms with Crippen LogP contribution in [0.5, 0.6) is 0 Å². The van der Waals surface area contributed by atoms with E-state index in [1.807, 2.05) is 0 Å². The van der Waals surface area contributed by atoms with Gasteiger partial charge in [0.2, 0.25) is 10.0 Å². The van der Waals surface area contributed by atoms with Crippen LogP contribution in [-0.2, 0) is 29.8 Å². The van der Waals surface area contributed by atoms with Crippen molar-refractivity contribution >= 4 is 21.8 Å². The lowest BCUT2D eigenvalue weighted by molar-refractivity contribution is -0.158. The average Bonchev–Trinajstić information content (AvgIpc) is 3.43. The highest BCUT2D eigenvalue weighted by molar-refractivity contribution is 7.90. The molecule has 28 heavy (non-hydrogen) atoms. The maximum Gasteiger partial charge on any atom is 0.350 e.